The Morgan fingerprint density at radius 1 is 1.12 bits per heavy atom. The van der Waals surface area contributed by atoms with Crippen molar-refractivity contribution in [1.82, 2.24) is 14.5 Å². The minimum atomic E-state index is -0.442. The molecular weight excluding hydrogens is 312 g/mol. The topological polar surface area (TPSA) is 61.9 Å². The first-order valence-corrected chi connectivity index (χ1v) is 8.10. The molecule has 0 saturated heterocycles. The predicted molar refractivity (Wildman–Crippen MR) is 92.2 cm³/mol. The first-order chi connectivity index (χ1) is 12.3. The van der Waals surface area contributed by atoms with Crippen LogP contribution in [0.15, 0.2) is 67.1 Å². The van der Waals surface area contributed by atoms with E-state index in [0.29, 0.717) is 18.7 Å². The number of fused-ring (bicyclic) bond motifs is 1. The van der Waals surface area contributed by atoms with Crippen molar-refractivity contribution in [2.45, 2.75) is 19.1 Å². The highest BCUT2D eigenvalue weighted by molar-refractivity contribution is 5.84. The Bertz CT molecular complexity index is 938. The lowest BCUT2D eigenvalue weighted by molar-refractivity contribution is -0.136. The zero-order valence-electron chi connectivity index (χ0n) is 13.5. The fraction of sp³-hybridized carbons (Fsp3) is 0.150. The molecule has 0 bridgehead atoms. The molecule has 1 atom stereocenters. The Hall–Kier alpha value is -3.39. The zero-order valence-corrected chi connectivity index (χ0v) is 13.5. The highest BCUT2D eigenvalue weighted by Crippen LogP contribution is 2.29. The first-order valence-electron chi connectivity index (χ1n) is 8.10. The summed E-state index contributed by atoms with van der Waals surface area (Å²) >= 11 is 0. The minimum absolute atomic E-state index is 0.0408. The van der Waals surface area contributed by atoms with Crippen LogP contribution in [0.3, 0.4) is 0 Å². The zero-order chi connectivity index (χ0) is 17.2. The molecule has 0 spiro atoms. The lowest BCUT2D eigenvalue weighted by atomic mass is 10.0. The molecule has 4 rings (SSSR count). The summed E-state index contributed by atoms with van der Waals surface area (Å²) in [5.41, 5.74) is 3.55. The number of nitriles is 1. The van der Waals surface area contributed by atoms with E-state index in [1.54, 1.807) is 24.7 Å². The van der Waals surface area contributed by atoms with Gasteiger partial charge in [0.05, 0.1) is 30.2 Å². The second-order valence-corrected chi connectivity index (χ2v) is 6.11. The third kappa shape index (κ3) is 2.79. The summed E-state index contributed by atoms with van der Waals surface area (Å²) in [5, 5.41) is 8.98. The molecule has 3 aromatic rings. The molecule has 5 heteroatoms. The van der Waals surface area contributed by atoms with Gasteiger partial charge >= 0.3 is 0 Å². The lowest BCUT2D eigenvalue weighted by Crippen LogP contribution is -2.42. The van der Waals surface area contributed by atoms with Crippen molar-refractivity contribution >= 4 is 5.91 Å². The number of imidazole rings is 1. The van der Waals surface area contributed by atoms with Crippen molar-refractivity contribution in [2.24, 2.45) is 0 Å². The first kappa shape index (κ1) is 15.2. The van der Waals surface area contributed by atoms with Crippen molar-refractivity contribution in [3.63, 3.8) is 0 Å². The van der Waals surface area contributed by atoms with Crippen LogP contribution < -0.4 is 0 Å². The standard InChI is InChI=1S/C20H16N4O/c21-10-15-6-8-17(9-7-15)19-20(25)23(12-16-4-2-1-3-5-16)13-18-11-22-14-24(18)19/h1-9,11,14,19H,12-13H2/t19-/m1/s1. The molecule has 0 aliphatic carbocycles. The van der Waals surface area contributed by atoms with Crippen molar-refractivity contribution in [3.05, 3.63) is 89.5 Å². The molecule has 1 amide bonds. The number of carbonyl (C=O) groups is 1. The number of carbonyl (C=O) groups excluding carboxylic acids is 1. The maximum Gasteiger partial charge on any atom is 0.250 e. The van der Waals surface area contributed by atoms with E-state index in [0.717, 1.165) is 16.8 Å². The quantitative estimate of drug-likeness (QED) is 0.743. The van der Waals surface area contributed by atoms with Crippen LogP contribution >= 0.6 is 0 Å². The third-order valence-electron chi connectivity index (χ3n) is 4.49. The molecule has 0 radical (unpaired) electrons. The van der Waals surface area contributed by atoms with Gasteiger partial charge in [0.25, 0.3) is 5.91 Å². The van der Waals surface area contributed by atoms with Crippen LogP contribution in [0.5, 0.6) is 0 Å². The molecule has 25 heavy (non-hydrogen) atoms. The summed E-state index contributed by atoms with van der Waals surface area (Å²) in [6, 6.07) is 18.8. The smallest absolute Gasteiger partial charge is 0.250 e. The highest BCUT2D eigenvalue weighted by atomic mass is 16.2. The van der Waals surface area contributed by atoms with E-state index in [1.165, 1.54) is 0 Å². The molecule has 122 valence electrons. The summed E-state index contributed by atoms with van der Waals surface area (Å²) in [5.74, 6) is 0.0408. The Labute approximate surface area is 145 Å². The molecule has 1 aromatic heterocycles. The van der Waals surface area contributed by atoms with Gasteiger partial charge in [0.2, 0.25) is 0 Å². The summed E-state index contributed by atoms with van der Waals surface area (Å²) in [6.07, 6.45) is 3.51. The van der Waals surface area contributed by atoms with Gasteiger partial charge in [0.15, 0.2) is 0 Å². The lowest BCUT2D eigenvalue weighted by Gasteiger charge is -2.34. The van der Waals surface area contributed by atoms with Crippen molar-refractivity contribution in [2.75, 3.05) is 0 Å². The van der Waals surface area contributed by atoms with Gasteiger partial charge in [0, 0.05) is 12.7 Å². The normalized spacial score (nSPS) is 16.4. The van der Waals surface area contributed by atoms with Crippen LogP contribution in [-0.4, -0.2) is 20.4 Å². The van der Waals surface area contributed by atoms with Gasteiger partial charge in [-0.2, -0.15) is 5.26 Å². The predicted octanol–water partition coefficient (Wildman–Crippen LogP) is 2.89. The molecule has 0 saturated carbocycles. The van der Waals surface area contributed by atoms with Gasteiger partial charge in [-0.3, -0.25) is 4.79 Å². The third-order valence-corrected chi connectivity index (χ3v) is 4.49. The second kappa shape index (κ2) is 6.25. The van der Waals surface area contributed by atoms with E-state index in [2.05, 4.69) is 11.1 Å². The maximum atomic E-state index is 13.2. The number of hydrogen-bond acceptors (Lipinski definition) is 3. The average molecular weight is 328 g/mol. The summed E-state index contributed by atoms with van der Waals surface area (Å²) in [7, 11) is 0. The van der Waals surface area contributed by atoms with Gasteiger partial charge in [-0.1, -0.05) is 42.5 Å². The average Bonchev–Trinajstić information content (AvgIpc) is 3.11. The summed E-state index contributed by atoms with van der Waals surface area (Å²) in [4.78, 5) is 19.2. The van der Waals surface area contributed by atoms with Crippen LogP contribution in [-0.2, 0) is 17.9 Å². The van der Waals surface area contributed by atoms with Crippen LogP contribution in [0.1, 0.15) is 28.4 Å². The Morgan fingerprint density at radius 2 is 1.88 bits per heavy atom. The second-order valence-electron chi connectivity index (χ2n) is 6.11. The van der Waals surface area contributed by atoms with Crippen LogP contribution in [0.25, 0.3) is 0 Å². The summed E-state index contributed by atoms with van der Waals surface area (Å²) < 4.78 is 1.92. The Balaban J connectivity index is 1.70. The minimum Gasteiger partial charge on any atom is -0.330 e. The molecule has 0 fully saturated rings. The molecule has 1 aliphatic heterocycles. The monoisotopic (exact) mass is 328 g/mol. The number of rotatable bonds is 3. The highest BCUT2D eigenvalue weighted by Gasteiger charge is 2.33. The van der Waals surface area contributed by atoms with E-state index in [1.807, 2.05) is 51.9 Å². The fourth-order valence-electron chi connectivity index (χ4n) is 3.23. The largest absolute Gasteiger partial charge is 0.330 e. The van der Waals surface area contributed by atoms with Crippen molar-refractivity contribution < 1.29 is 4.79 Å². The molecule has 2 aromatic carbocycles. The SMILES string of the molecule is N#Cc1ccc([C@@H]2C(=O)N(Cc3ccccc3)Cc3cncn32)cc1. The molecule has 0 N–H and O–H groups in total. The Kier molecular flexibility index (Phi) is 3.79. The number of nitrogens with zero attached hydrogens (tertiary/aromatic N) is 4. The number of amides is 1. The van der Waals surface area contributed by atoms with E-state index >= 15 is 0 Å². The van der Waals surface area contributed by atoms with Gasteiger partial charge in [-0.05, 0) is 23.3 Å². The molecule has 5 nitrogen and oxygen atoms in total. The molecule has 2 heterocycles. The number of benzene rings is 2. The van der Waals surface area contributed by atoms with E-state index in [9.17, 15) is 4.79 Å². The van der Waals surface area contributed by atoms with Crippen LogP contribution in [0.4, 0.5) is 0 Å². The van der Waals surface area contributed by atoms with E-state index < -0.39 is 6.04 Å². The Morgan fingerprint density at radius 3 is 2.60 bits per heavy atom. The maximum absolute atomic E-state index is 13.2. The van der Waals surface area contributed by atoms with Gasteiger partial charge < -0.3 is 9.47 Å². The summed E-state index contributed by atoms with van der Waals surface area (Å²) in [6.45, 7) is 1.11. The molecule has 1 aliphatic rings. The molecule has 0 unspecified atom stereocenters. The number of aromatic nitrogens is 2. The van der Waals surface area contributed by atoms with Gasteiger partial charge in [-0.15, -0.1) is 0 Å². The fourth-order valence-corrected chi connectivity index (χ4v) is 3.23. The van der Waals surface area contributed by atoms with Crippen molar-refractivity contribution in [3.8, 4) is 6.07 Å². The van der Waals surface area contributed by atoms with Crippen molar-refractivity contribution in [1.29, 1.82) is 5.26 Å². The van der Waals surface area contributed by atoms with Gasteiger partial charge in [0.1, 0.15) is 6.04 Å². The van der Waals surface area contributed by atoms with Crippen LogP contribution in [0, 0.1) is 11.3 Å². The van der Waals surface area contributed by atoms with Crippen LogP contribution in [0.2, 0.25) is 0 Å². The molecular formula is C20H16N4O. The van der Waals surface area contributed by atoms with E-state index in [4.69, 9.17) is 5.26 Å². The van der Waals surface area contributed by atoms with Gasteiger partial charge in [-0.25, -0.2) is 4.98 Å². The number of hydrogen-bond donors (Lipinski definition) is 0. The van der Waals surface area contributed by atoms with E-state index in [-0.39, 0.29) is 5.91 Å².